The van der Waals surface area contributed by atoms with Crippen LogP contribution in [-0.4, -0.2) is 9.78 Å². The molecule has 18 heavy (non-hydrogen) atoms. The number of benzene rings is 1. The number of nitrogen functional groups attached to an aromatic ring is 1. The van der Waals surface area contributed by atoms with Gasteiger partial charge in [-0.3, -0.25) is 0 Å². The Kier molecular flexibility index (Phi) is 3.77. The van der Waals surface area contributed by atoms with Crippen molar-refractivity contribution in [3.05, 3.63) is 41.0 Å². The van der Waals surface area contributed by atoms with E-state index in [-0.39, 0.29) is 0 Å². The molecule has 0 bridgehead atoms. The second-order valence-corrected chi connectivity index (χ2v) is 4.81. The van der Waals surface area contributed by atoms with Gasteiger partial charge in [0.2, 0.25) is 0 Å². The van der Waals surface area contributed by atoms with Crippen LogP contribution >= 0.6 is 11.6 Å². The molecule has 0 aliphatic rings. The van der Waals surface area contributed by atoms with Gasteiger partial charge in [0.15, 0.2) is 12.5 Å². The molecule has 0 atom stereocenters. The molecule has 1 aromatic carbocycles. The van der Waals surface area contributed by atoms with Crippen LogP contribution in [0, 0.1) is 0 Å². The van der Waals surface area contributed by atoms with Crippen molar-refractivity contribution in [2.45, 2.75) is 26.5 Å². The minimum Gasteiger partial charge on any atom is -0.471 e. The van der Waals surface area contributed by atoms with E-state index < -0.39 is 0 Å². The number of ether oxygens (including phenoxy) is 1. The molecule has 0 spiro atoms. The van der Waals surface area contributed by atoms with Crippen molar-refractivity contribution in [3.63, 3.8) is 0 Å². The van der Waals surface area contributed by atoms with Crippen molar-refractivity contribution < 1.29 is 4.74 Å². The van der Waals surface area contributed by atoms with Gasteiger partial charge in [-0.15, -0.1) is 0 Å². The molecule has 1 aromatic heterocycles. The maximum Gasteiger partial charge on any atom is 0.181 e. The molecule has 0 amide bonds. The Bertz CT molecular complexity index is 517. The molecular formula is C13H16ClN3O. The van der Waals surface area contributed by atoms with Crippen molar-refractivity contribution in [1.82, 2.24) is 9.78 Å². The highest BCUT2D eigenvalue weighted by molar-refractivity contribution is 6.32. The number of nitrogens with two attached hydrogens (primary N) is 1. The van der Waals surface area contributed by atoms with E-state index >= 15 is 0 Å². The van der Waals surface area contributed by atoms with Gasteiger partial charge in [0, 0.05) is 6.20 Å². The minimum atomic E-state index is 0.290. The summed E-state index contributed by atoms with van der Waals surface area (Å²) < 4.78 is 7.21. The lowest BCUT2D eigenvalue weighted by atomic mass is 10.0. The summed E-state index contributed by atoms with van der Waals surface area (Å²) in [5.74, 6) is 1.60. The Morgan fingerprint density at radius 3 is 2.83 bits per heavy atom. The number of hydrogen-bond acceptors (Lipinski definition) is 3. The fraction of sp³-hybridized carbons (Fsp3) is 0.308. The zero-order valence-corrected chi connectivity index (χ0v) is 11.2. The SMILES string of the molecule is CC(C)c1cccc(OCn2cc(Cl)c(N)n2)c1. The van der Waals surface area contributed by atoms with Gasteiger partial charge in [0.05, 0.1) is 0 Å². The topological polar surface area (TPSA) is 53.1 Å². The van der Waals surface area contributed by atoms with E-state index in [9.17, 15) is 0 Å². The van der Waals surface area contributed by atoms with Crippen molar-refractivity contribution in [1.29, 1.82) is 0 Å². The summed E-state index contributed by atoms with van der Waals surface area (Å²) in [7, 11) is 0. The molecule has 0 radical (unpaired) electrons. The largest absolute Gasteiger partial charge is 0.471 e. The van der Waals surface area contributed by atoms with Gasteiger partial charge in [0.25, 0.3) is 0 Å². The fourth-order valence-corrected chi connectivity index (χ4v) is 1.73. The molecule has 0 saturated heterocycles. The average Bonchev–Trinajstić information content (AvgIpc) is 2.67. The average molecular weight is 266 g/mol. The Morgan fingerprint density at radius 2 is 2.22 bits per heavy atom. The van der Waals surface area contributed by atoms with E-state index in [1.54, 1.807) is 10.9 Å². The molecule has 0 saturated carbocycles. The number of halogens is 1. The third kappa shape index (κ3) is 2.96. The molecule has 0 unspecified atom stereocenters. The maximum atomic E-state index is 5.81. The summed E-state index contributed by atoms with van der Waals surface area (Å²) in [6, 6.07) is 8.01. The third-order valence-electron chi connectivity index (χ3n) is 2.63. The van der Waals surface area contributed by atoms with E-state index in [4.69, 9.17) is 22.1 Å². The van der Waals surface area contributed by atoms with E-state index in [0.717, 1.165) is 5.75 Å². The number of hydrogen-bond donors (Lipinski definition) is 1. The van der Waals surface area contributed by atoms with Crippen LogP contribution in [-0.2, 0) is 6.73 Å². The van der Waals surface area contributed by atoms with Crippen LogP contribution in [0.1, 0.15) is 25.3 Å². The highest BCUT2D eigenvalue weighted by atomic mass is 35.5. The Balaban J connectivity index is 2.03. The summed E-state index contributed by atoms with van der Waals surface area (Å²) in [5, 5.41) is 4.46. The van der Waals surface area contributed by atoms with Gasteiger partial charge in [-0.25, -0.2) is 4.68 Å². The monoisotopic (exact) mass is 265 g/mol. The quantitative estimate of drug-likeness (QED) is 0.923. The molecule has 0 aliphatic carbocycles. The predicted molar refractivity (Wildman–Crippen MR) is 72.8 cm³/mol. The van der Waals surface area contributed by atoms with Gasteiger partial charge in [0.1, 0.15) is 10.8 Å². The number of aromatic nitrogens is 2. The normalized spacial score (nSPS) is 10.9. The number of nitrogens with zero attached hydrogens (tertiary/aromatic N) is 2. The van der Waals surface area contributed by atoms with Gasteiger partial charge in [-0.2, -0.15) is 5.10 Å². The molecule has 0 fully saturated rings. The lowest BCUT2D eigenvalue weighted by Crippen LogP contribution is -2.06. The van der Waals surface area contributed by atoms with E-state index in [1.807, 2.05) is 18.2 Å². The van der Waals surface area contributed by atoms with E-state index in [2.05, 4.69) is 25.0 Å². The Labute approximate surface area is 111 Å². The van der Waals surface area contributed by atoms with Gasteiger partial charge in [-0.1, -0.05) is 37.6 Å². The first kappa shape index (κ1) is 12.8. The van der Waals surface area contributed by atoms with Crippen molar-refractivity contribution in [2.75, 3.05) is 5.73 Å². The van der Waals surface area contributed by atoms with Gasteiger partial charge < -0.3 is 10.5 Å². The molecule has 0 aliphatic heterocycles. The standard InChI is InChI=1S/C13H16ClN3O/c1-9(2)10-4-3-5-11(6-10)18-8-17-7-12(14)13(15)16-17/h3-7,9H,8H2,1-2H3,(H2,15,16). The zero-order valence-electron chi connectivity index (χ0n) is 10.4. The smallest absolute Gasteiger partial charge is 0.181 e. The Morgan fingerprint density at radius 1 is 1.44 bits per heavy atom. The van der Waals surface area contributed by atoms with Crippen LogP contribution in [0.15, 0.2) is 30.5 Å². The van der Waals surface area contributed by atoms with Crippen LogP contribution in [0.25, 0.3) is 0 Å². The van der Waals surface area contributed by atoms with Crippen LogP contribution < -0.4 is 10.5 Å². The fourth-order valence-electron chi connectivity index (χ4n) is 1.58. The van der Waals surface area contributed by atoms with E-state index in [0.29, 0.717) is 23.5 Å². The summed E-state index contributed by atoms with van der Waals surface area (Å²) in [6.07, 6.45) is 1.64. The van der Waals surface area contributed by atoms with Crippen LogP contribution in [0.5, 0.6) is 5.75 Å². The number of anilines is 1. The molecule has 5 heteroatoms. The summed E-state index contributed by atoms with van der Waals surface area (Å²) in [5.41, 5.74) is 6.80. The van der Waals surface area contributed by atoms with Crippen molar-refractivity contribution >= 4 is 17.4 Å². The van der Waals surface area contributed by atoms with Crippen LogP contribution in [0.2, 0.25) is 5.02 Å². The van der Waals surface area contributed by atoms with Gasteiger partial charge >= 0.3 is 0 Å². The highest BCUT2D eigenvalue weighted by Crippen LogP contribution is 2.21. The molecule has 2 rings (SSSR count). The molecule has 96 valence electrons. The maximum absolute atomic E-state index is 5.81. The predicted octanol–water partition coefficient (Wildman–Crippen LogP) is 3.28. The minimum absolute atomic E-state index is 0.290. The van der Waals surface area contributed by atoms with E-state index in [1.165, 1.54) is 5.56 Å². The molecule has 2 N–H and O–H groups in total. The summed E-state index contributed by atoms with van der Waals surface area (Å²) >= 11 is 5.81. The Hall–Kier alpha value is -1.68. The van der Waals surface area contributed by atoms with Crippen molar-refractivity contribution in [2.24, 2.45) is 0 Å². The van der Waals surface area contributed by atoms with Gasteiger partial charge in [-0.05, 0) is 23.6 Å². The lowest BCUT2D eigenvalue weighted by molar-refractivity contribution is 0.221. The summed E-state index contributed by atoms with van der Waals surface area (Å²) in [6.45, 7) is 4.58. The first-order valence-electron chi connectivity index (χ1n) is 5.77. The van der Waals surface area contributed by atoms with Crippen LogP contribution in [0.3, 0.4) is 0 Å². The second kappa shape index (κ2) is 5.31. The lowest BCUT2D eigenvalue weighted by Gasteiger charge is -2.09. The second-order valence-electron chi connectivity index (χ2n) is 4.40. The third-order valence-corrected chi connectivity index (χ3v) is 2.92. The first-order valence-corrected chi connectivity index (χ1v) is 6.15. The van der Waals surface area contributed by atoms with Crippen molar-refractivity contribution in [3.8, 4) is 5.75 Å². The molecule has 4 nitrogen and oxygen atoms in total. The molecule has 1 heterocycles. The highest BCUT2D eigenvalue weighted by Gasteiger charge is 2.04. The zero-order chi connectivity index (χ0) is 13.1. The summed E-state index contributed by atoms with van der Waals surface area (Å²) in [4.78, 5) is 0. The van der Waals surface area contributed by atoms with Crippen LogP contribution in [0.4, 0.5) is 5.82 Å². The molecule has 2 aromatic rings. The number of rotatable bonds is 4. The first-order chi connectivity index (χ1) is 8.56. The molecular weight excluding hydrogens is 250 g/mol.